The Morgan fingerprint density at radius 1 is 1.04 bits per heavy atom. The van der Waals surface area contributed by atoms with Gasteiger partial charge in [-0.15, -0.1) is 0 Å². The lowest BCUT2D eigenvalue weighted by atomic mass is 9.91. The zero-order valence-corrected chi connectivity index (χ0v) is 15.8. The Morgan fingerprint density at radius 2 is 1.84 bits per heavy atom. The van der Waals surface area contributed by atoms with Gasteiger partial charge < -0.3 is 9.47 Å². The van der Waals surface area contributed by atoms with Gasteiger partial charge in [-0.1, -0.05) is 57.9 Å². The van der Waals surface area contributed by atoms with Crippen molar-refractivity contribution in [1.29, 1.82) is 0 Å². The Balaban J connectivity index is 1.37. The Morgan fingerprint density at radius 3 is 2.64 bits per heavy atom. The maximum Gasteiger partial charge on any atom is 0.129 e. The summed E-state index contributed by atoms with van der Waals surface area (Å²) >= 11 is 9.56. The minimum atomic E-state index is 0.181. The third-order valence-electron chi connectivity index (χ3n) is 4.45. The number of rotatable bonds is 5. The molecular formula is C20H17BrClNO2. The van der Waals surface area contributed by atoms with Gasteiger partial charge in [-0.05, 0) is 23.8 Å². The molecule has 0 aliphatic heterocycles. The summed E-state index contributed by atoms with van der Waals surface area (Å²) < 4.78 is 13.1. The maximum absolute atomic E-state index is 6.16. The van der Waals surface area contributed by atoms with E-state index in [2.05, 4.69) is 33.0 Å². The van der Waals surface area contributed by atoms with E-state index in [0.717, 1.165) is 33.8 Å². The first-order valence-electron chi connectivity index (χ1n) is 8.25. The van der Waals surface area contributed by atoms with Gasteiger partial charge in [-0.2, -0.15) is 0 Å². The van der Waals surface area contributed by atoms with Crippen LogP contribution in [-0.4, -0.2) is 17.2 Å². The molecule has 3 aromatic rings. The Kier molecular flexibility index (Phi) is 4.93. The summed E-state index contributed by atoms with van der Waals surface area (Å²) in [6.45, 7) is 0.655. The normalized spacial score (nSPS) is 19.6. The molecule has 0 atom stereocenters. The predicted octanol–water partition coefficient (Wildman–Crippen LogP) is 5.78. The van der Waals surface area contributed by atoms with Crippen LogP contribution in [-0.2, 0) is 11.3 Å². The van der Waals surface area contributed by atoms with Gasteiger partial charge >= 0.3 is 0 Å². The SMILES string of the molecule is Clc1cc2c(Br)ccc(O[C@H]3C[C@H](OCc4ccccc4)C3)c2cn1. The number of fused-ring (bicyclic) bond motifs is 1. The van der Waals surface area contributed by atoms with E-state index >= 15 is 0 Å². The number of halogens is 2. The maximum atomic E-state index is 6.16. The molecule has 2 aromatic carbocycles. The summed E-state index contributed by atoms with van der Waals surface area (Å²) in [6, 6.07) is 16.0. The average Bonchev–Trinajstić information content (AvgIpc) is 2.60. The molecule has 1 aromatic heterocycles. The summed E-state index contributed by atoms with van der Waals surface area (Å²) in [6.07, 6.45) is 4.02. The van der Waals surface area contributed by atoms with Crippen molar-refractivity contribution in [2.45, 2.75) is 31.7 Å². The van der Waals surface area contributed by atoms with Crippen molar-refractivity contribution >= 4 is 38.3 Å². The molecule has 3 nitrogen and oxygen atoms in total. The molecule has 1 aliphatic carbocycles. The van der Waals surface area contributed by atoms with E-state index in [0.29, 0.717) is 11.8 Å². The zero-order chi connectivity index (χ0) is 17.2. The summed E-state index contributed by atoms with van der Waals surface area (Å²) in [5.74, 6) is 0.842. The zero-order valence-electron chi connectivity index (χ0n) is 13.5. The van der Waals surface area contributed by atoms with Gasteiger partial charge in [-0.25, -0.2) is 4.98 Å². The number of aromatic nitrogens is 1. The lowest BCUT2D eigenvalue weighted by Gasteiger charge is -2.35. The fraction of sp³-hybridized carbons (Fsp3) is 0.250. The van der Waals surface area contributed by atoms with Crippen LogP contribution in [0.2, 0.25) is 5.15 Å². The molecule has 4 rings (SSSR count). The Hall–Kier alpha value is -1.62. The van der Waals surface area contributed by atoms with Crippen LogP contribution in [0.1, 0.15) is 18.4 Å². The van der Waals surface area contributed by atoms with Crippen molar-refractivity contribution in [2.75, 3.05) is 0 Å². The van der Waals surface area contributed by atoms with E-state index in [1.807, 2.05) is 36.4 Å². The van der Waals surface area contributed by atoms with Gasteiger partial charge in [0.05, 0.1) is 12.7 Å². The van der Waals surface area contributed by atoms with E-state index < -0.39 is 0 Å². The molecule has 0 bridgehead atoms. The lowest BCUT2D eigenvalue weighted by molar-refractivity contribution is -0.0679. The van der Waals surface area contributed by atoms with Gasteiger partial charge in [0.1, 0.15) is 17.0 Å². The molecule has 0 saturated heterocycles. The monoisotopic (exact) mass is 417 g/mol. The highest BCUT2D eigenvalue weighted by molar-refractivity contribution is 9.10. The Bertz CT molecular complexity index is 882. The van der Waals surface area contributed by atoms with Gasteiger partial charge in [0.25, 0.3) is 0 Å². The van der Waals surface area contributed by atoms with Crippen molar-refractivity contribution in [2.24, 2.45) is 0 Å². The van der Waals surface area contributed by atoms with Crippen molar-refractivity contribution in [1.82, 2.24) is 4.98 Å². The molecule has 0 unspecified atom stereocenters. The first-order chi connectivity index (χ1) is 12.2. The van der Waals surface area contributed by atoms with E-state index in [1.54, 1.807) is 6.20 Å². The van der Waals surface area contributed by atoms with E-state index in [1.165, 1.54) is 5.56 Å². The number of benzene rings is 2. The highest BCUT2D eigenvalue weighted by atomic mass is 79.9. The largest absolute Gasteiger partial charge is 0.490 e. The quantitative estimate of drug-likeness (QED) is 0.492. The molecule has 0 amide bonds. The Labute approximate surface area is 160 Å². The molecule has 1 fully saturated rings. The predicted molar refractivity (Wildman–Crippen MR) is 103 cm³/mol. The highest BCUT2D eigenvalue weighted by Crippen LogP contribution is 2.36. The average molecular weight is 419 g/mol. The van der Waals surface area contributed by atoms with E-state index in [4.69, 9.17) is 21.1 Å². The number of hydrogen-bond acceptors (Lipinski definition) is 3. The number of hydrogen-bond donors (Lipinski definition) is 0. The summed E-state index contributed by atoms with van der Waals surface area (Å²) in [5, 5.41) is 2.45. The molecule has 0 radical (unpaired) electrons. The van der Waals surface area contributed by atoms with Crippen LogP contribution in [0, 0.1) is 0 Å². The van der Waals surface area contributed by atoms with Crippen molar-refractivity contribution < 1.29 is 9.47 Å². The molecule has 0 N–H and O–H groups in total. The van der Waals surface area contributed by atoms with Crippen LogP contribution in [0.4, 0.5) is 0 Å². The fourth-order valence-electron chi connectivity index (χ4n) is 2.97. The molecule has 5 heteroatoms. The van der Waals surface area contributed by atoms with Gasteiger partial charge in [0.2, 0.25) is 0 Å². The first-order valence-corrected chi connectivity index (χ1v) is 9.42. The van der Waals surface area contributed by atoms with E-state index in [9.17, 15) is 0 Å². The second kappa shape index (κ2) is 7.32. The van der Waals surface area contributed by atoms with Gasteiger partial charge in [0, 0.05) is 34.3 Å². The molecular weight excluding hydrogens is 402 g/mol. The van der Waals surface area contributed by atoms with Crippen LogP contribution in [0.15, 0.2) is 59.2 Å². The number of ether oxygens (including phenoxy) is 2. The highest BCUT2D eigenvalue weighted by Gasteiger charge is 2.32. The van der Waals surface area contributed by atoms with Crippen molar-refractivity contribution in [3.63, 3.8) is 0 Å². The molecule has 128 valence electrons. The molecule has 25 heavy (non-hydrogen) atoms. The van der Waals surface area contributed by atoms with Crippen molar-refractivity contribution in [3.05, 3.63) is 69.9 Å². The number of pyridine rings is 1. The summed E-state index contributed by atoms with van der Waals surface area (Å²) in [5.41, 5.74) is 1.20. The van der Waals surface area contributed by atoms with Crippen molar-refractivity contribution in [3.8, 4) is 5.75 Å². The molecule has 1 saturated carbocycles. The fourth-order valence-corrected chi connectivity index (χ4v) is 3.59. The topological polar surface area (TPSA) is 31.4 Å². The van der Waals surface area contributed by atoms with Crippen LogP contribution >= 0.6 is 27.5 Å². The van der Waals surface area contributed by atoms with Crippen LogP contribution in [0.3, 0.4) is 0 Å². The molecule has 1 aliphatic rings. The number of nitrogens with zero attached hydrogens (tertiary/aromatic N) is 1. The van der Waals surface area contributed by atoms with Crippen LogP contribution in [0.5, 0.6) is 5.75 Å². The third-order valence-corrected chi connectivity index (χ3v) is 5.35. The van der Waals surface area contributed by atoms with Crippen LogP contribution in [0.25, 0.3) is 10.8 Å². The lowest BCUT2D eigenvalue weighted by Crippen LogP contribution is -2.39. The smallest absolute Gasteiger partial charge is 0.129 e. The minimum absolute atomic E-state index is 0.181. The molecule has 1 heterocycles. The first kappa shape index (κ1) is 16.8. The standard InChI is InChI=1S/C20H17BrClNO2/c21-18-6-7-19(17-11-23-20(22)10-16(17)18)25-15-8-14(9-15)24-12-13-4-2-1-3-5-13/h1-7,10-11,14-15H,8-9,12H2/t14-,15-. The van der Waals surface area contributed by atoms with Crippen LogP contribution < -0.4 is 4.74 Å². The second-order valence-electron chi connectivity index (χ2n) is 6.23. The third kappa shape index (κ3) is 3.81. The van der Waals surface area contributed by atoms with E-state index in [-0.39, 0.29) is 12.2 Å². The minimum Gasteiger partial charge on any atom is -0.490 e. The second-order valence-corrected chi connectivity index (χ2v) is 7.47. The summed E-state index contributed by atoms with van der Waals surface area (Å²) in [4.78, 5) is 4.18. The van der Waals surface area contributed by atoms with Gasteiger partial charge in [-0.3, -0.25) is 0 Å². The molecule has 0 spiro atoms. The van der Waals surface area contributed by atoms with Gasteiger partial charge in [0.15, 0.2) is 0 Å². The summed E-state index contributed by atoms with van der Waals surface area (Å²) in [7, 11) is 0.